The fourth-order valence-electron chi connectivity index (χ4n) is 3.29. The maximum atomic E-state index is 6.01. The number of aromatic nitrogens is 2. The molecule has 1 N–H and O–H groups in total. The van der Waals surface area contributed by atoms with Crippen LogP contribution in [0.2, 0.25) is 0 Å². The van der Waals surface area contributed by atoms with Crippen LogP contribution in [-0.4, -0.2) is 36.3 Å². The molecule has 1 heterocycles. The Morgan fingerprint density at radius 3 is 2.52 bits per heavy atom. The van der Waals surface area contributed by atoms with Crippen molar-refractivity contribution in [2.24, 2.45) is 5.92 Å². The number of hydrogen-bond donors (Lipinski definition) is 1. The predicted molar refractivity (Wildman–Crippen MR) is 82.4 cm³/mol. The molecular weight excluding hydrogens is 266 g/mol. The molecule has 1 aliphatic carbocycles. The molecule has 1 aromatic rings. The van der Waals surface area contributed by atoms with Crippen molar-refractivity contribution in [1.29, 1.82) is 0 Å². The van der Waals surface area contributed by atoms with Crippen molar-refractivity contribution in [2.75, 3.05) is 20.8 Å². The van der Waals surface area contributed by atoms with Crippen LogP contribution >= 0.6 is 0 Å². The number of nitrogens with one attached hydrogen (secondary N) is 1. The zero-order valence-electron chi connectivity index (χ0n) is 13.6. The van der Waals surface area contributed by atoms with E-state index >= 15 is 0 Å². The highest BCUT2D eigenvalue weighted by Gasteiger charge is 2.44. The minimum Gasteiger partial charge on any atom is -0.480 e. The molecule has 1 saturated carbocycles. The van der Waals surface area contributed by atoms with E-state index in [1.165, 1.54) is 12.8 Å². The van der Waals surface area contributed by atoms with Crippen LogP contribution in [0.1, 0.15) is 51.3 Å². The standard InChI is InChI=1S/C16H27N3O2/c1-5-17-14(13-15(20-3)19-11-10-18-13)16(21-4)8-6-12(2)7-9-16/h10-12,14,17H,5-9H2,1-4H3. The van der Waals surface area contributed by atoms with Crippen LogP contribution in [0.3, 0.4) is 0 Å². The molecule has 21 heavy (non-hydrogen) atoms. The number of ether oxygens (including phenoxy) is 2. The molecule has 0 aromatic carbocycles. The summed E-state index contributed by atoms with van der Waals surface area (Å²) in [6.45, 7) is 5.26. The summed E-state index contributed by atoms with van der Waals surface area (Å²) in [6, 6.07) is 0.00338. The second kappa shape index (κ2) is 7.18. The Kier molecular flexibility index (Phi) is 5.53. The summed E-state index contributed by atoms with van der Waals surface area (Å²) in [5.41, 5.74) is 0.615. The molecule has 1 aromatic heterocycles. The average molecular weight is 293 g/mol. The topological polar surface area (TPSA) is 56.3 Å². The van der Waals surface area contributed by atoms with E-state index in [0.29, 0.717) is 5.88 Å². The second-order valence-corrected chi connectivity index (χ2v) is 5.89. The molecule has 1 unspecified atom stereocenters. The lowest BCUT2D eigenvalue weighted by atomic mass is 9.74. The summed E-state index contributed by atoms with van der Waals surface area (Å²) in [5, 5.41) is 3.54. The van der Waals surface area contributed by atoms with Gasteiger partial charge in [0.2, 0.25) is 5.88 Å². The van der Waals surface area contributed by atoms with Crippen molar-refractivity contribution in [3.63, 3.8) is 0 Å². The molecule has 0 bridgehead atoms. The zero-order valence-corrected chi connectivity index (χ0v) is 13.6. The Labute approximate surface area is 127 Å². The van der Waals surface area contributed by atoms with Gasteiger partial charge in [-0.1, -0.05) is 13.8 Å². The highest BCUT2D eigenvalue weighted by Crippen LogP contribution is 2.43. The maximum Gasteiger partial charge on any atom is 0.237 e. The zero-order chi connectivity index (χ0) is 15.3. The first kappa shape index (κ1) is 16.2. The van der Waals surface area contributed by atoms with Gasteiger partial charge in [-0.05, 0) is 38.1 Å². The highest BCUT2D eigenvalue weighted by atomic mass is 16.5. The molecule has 118 valence electrons. The lowest BCUT2D eigenvalue weighted by molar-refractivity contribution is -0.0772. The fraction of sp³-hybridized carbons (Fsp3) is 0.750. The Morgan fingerprint density at radius 1 is 1.29 bits per heavy atom. The van der Waals surface area contributed by atoms with Gasteiger partial charge < -0.3 is 14.8 Å². The molecule has 1 fully saturated rings. The molecule has 2 rings (SSSR count). The van der Waals surface area contributed by atoms with Crippen molar-refractivity contribution in [1.82, 2.24) is 15.3 Å². The molecule has 5 heteroatoms. The Bertz CT molecular complexity index is 445. The van der Waals surface area contributed by atoms with Gasteiger partial charge in [0, 0.05) is 19.5 Å². The van der Waals surface area contributed by atoms with Crippen LogP contribution in [0.15, 0.2) is 12.4 Å². The monoisotopic (exact) mass is 293 g/mol. The Morgan fingerprint density at radius 2 is 1.95 bits per heavy atom. The first-order valence-corrected chi connectivity index (χ1v) is 7.80. The van der Waals surface area contributed by atoms with Gasteiger partial charge in [-0.15, -0.1) is 0 Å². The van der Waals surface area contributed by atoms with Gasteiger partial charge in [0.05, 0.1) is 18.8 Å². The number of methoxy groups -OCH3 is 2. The van der Waals surface area contributed by atoms with E-state index in [1.54, 1.807) is 19.5 Å². The van der Waals surface area contributed by atoms with Gasteiger partial charge in [-0.3, -0.25) is 4.98 Å². The van der Waals surface area contributed by atoms with Crippen LogP contribution in [0.25, 0.3) is 0 Å². The maximum absolute atomic E-state index is 6.01. The molecule has 0 aliphatic heterocycles. The molecular formula is C16H27N3O2. The van der Waals surface area contributed by atoms with E-state index in [2.05, 4.69) is 29.1 Å². The van der Waals surface area contributed by atoms with Crippen LogP contribution in [0.4, 0.5) is 0 Å². The van der Waals surface area contributed by atoms with Crippen LogP contribution in [-0.2, 0) is 4.74 Å². The van der Waals surface area contributed by atoms with E-state index in [9.17, 15) is 0 Å². The SMILES string of the molecule is CCNC(c1nccnc1OC)C1(OC)CCC(C)CC1. The third-order valence-electron chi connectivity index (χ3n) is 4.62. The average Bonchev–Trinajstić information content (AvgIpc) is 2.54. The van der Waals surface area contributed by atoms with E-state index in [4.69, 9.17) is 9.47 Å². The molecule has 1 atom stereocenters. The lowest BCUT2D eigenvalue weighted by Crippen LogP contribution is -2.48. The number of rotatable bonds is 6. The largest absolute Gasteiger partial charge is 0.480 e. The van der Waals surface area contributed by atoms with Gasteiger partial charge in [0.1, 0.15) is 5.69 Å². The van der Waals surface area contributed by atoms with Crippen molar-refractivity contribution >= 4 is 0 Å². The van der Waals surface area contributed by atoms with E-state index in [0.717, 1.165) is 31.0 Å². The Hall–Kier alpha value is -1.20. The summed E-state index contributed by atoms with van der Waals surface area (Å²) in [5.74, 6) is 1.35. The second-order valence-electron chi connectivity index (χ2n) is 5.89. The first-order chi connectivity index (χ1) is 10.2. The number of nitrogens with zero attached hydrogens (tertiary/aromatic N) is 2. The summed E-state index contributed by atoms with van der Waals surface area (Å²) in [6.07, 6.45) is 7.80. The minimum atomic E-state index is -0.230. The molecule has 0 radical (unpaired) electrons. The van der Waals surface area contributed by atoms with E-state index in [1.807, 2.05) is 7.11 Å². The quantitative estimate of drug-likeness (QED) is 0.874. The lowest BCUT2D eigenvalue weighted by Gasteiger charge is -2.44. The molecule has 5 nitrogen and oxygen atoms in total. The fourth-order valence-corrected chi connectivity index (χ4v) is 3.29. The summed E-state index contributed by atoms with van der Waals surface area (Å²) in [4.78, 5) is 8.82. The third-order valence-corrected chi connectivity index (χ3v) is 4.62. The van der Waals surface area contributed by atoms with Crippen molar-refractivity contribution in [3.05, 3.63) is 18.1 Å². The smallest absolute Gasteiger partial charge is 0.237 e. The van der Waals surface area contributed by atoms with Gasteiger partial charge >= 0.3 is 0 Å². The molecule has 0 saturated heterocycles. The molecule has 0 amide bonds. The number of likely N-dealkylation sites (N-methyl/N-ethyl adjacent to an activating group) is 1. The summed E-state index contributed by atoms with van der Waals surface area (Å²) in [7, 11) is 3.45. The summed E-state index contributed by atoms with van der Waals surface area (Å²) >= 11 is 0. The van der Waals surface area contributed by atoms with Crippen LogP contribution in [0.5, 0.6) is 5.88 Å². The highest BCUT2D eigenvalue weighted by molar-refractivity contribution is 5.25. The third kappa shape index (κ3) is 3.35. The normalized spacial score (nSPS) is 27.3. The van der Waals surface area contributed by atoms with Gasteiger partial charge in [-0.25, -0.2) is 4.98 Å². The predicted octanol–water partition coefficient (Wildman–Crippen LogP) is 2.73. The van der Waals surface area contributed by atoms with Gasteiger partial charge in [-0.2, -0.15) is 0 Å². The van der Waals surface area contributed by atoms with E-state index in [-0.39, 0.29) is 11.6 Å². The van der Waals surface area contributed by atoms with Gasteiger partial charge in [0.15, 0.2) is 0 Å². The Balaban J connectivity index is 2.36. The van der Waals surface area contributed by atoms with Crippen LogP contribution < -0.4 is 10.1 Å². The van der Waals surface area contributed by atoms with E-state index < -0.39 is 0 Å². The number of hydrogen-bond acceptors (Lipinski definition) is 5. The minimum absolute atomic E-state index is 0.00338. The summed E-state index contributed by atoms with van der Waals surface area (Å²) < 4.78 is 11.4. The van der Waals surface area contributed by atoms with Crippen molar-refractivity contribution in [3.8, 4) is 5.88 Å². The molecule has 1 aliphatic rings. The molecule has 0 spiro atoms. The van der Waals surface area contributed by atoms with Crippen molar-refractivity contribution in [2.45, 2.75) is 51.2 Å². The van der Waals surface area contributed by atoms with Gasteiger partial charge in [0.25, 0.3) is 0 Å². The van der Waals surface area contributed by atoms with Crippen LogP contribution in [0, 0.1) is 5.92 Å². The van der Waals surface area contributed by atoms with Crippen molar-refractivity contribution < 1.29 is 9.47 Å². The first-order valence-electron chi connectivity index (χ1n) is 7.80.